The summed E-state index contributed by atoms with van der Waals surface area (Å²) in [6, 6.07) is 61.9. The van der Waals surface area contributed by atoms with Crippen LogP contribution in [-0.4, -0.2) is 9.55 Å². The van der Waals surface area contributed by atoms with E-state index in [9.17, 15) is 0 Å². The highest BCUT2D eigenvalue weighted by molar-refractivity contribution is 7.25. The first kappa shape index (κ1) is 30.3. The summed E-state index contributed by atoms with van der Waals surface area (Å²) in [5.41, 5.74) is 10.3. The van der Waals surface area contributed by atoms with Gasteiger partial charge in [0, 0.05) is 65.0 Å². The first-order chi connectivity index (χ1) is 27.3. The van der Waals surface area contributed by atoms with Crippen molar-refractivity contribution in [2.75, 3.05) is 4.90 Å². The molecule has 0 aliphatic heterocycles. The molecule has 4 aromatic heterocycles. The minimum absolute atomic E-state index is 0.577. The van der Waals surface area contributed by atoms with Crippen molar-refractivity contribution >= 4 is 103 Å². The summed E-state index contributed by atoms with van der Waals surface area (Å²) in [5.74, 6) is 0.577. The lowest BCUT2D eigenvalue weighted by Gasteiger charge is -2.26. The van der Waals surface area contributed by atoms with Crippen LogP contribution in [0.1, 0.15) is 0 Å². The van der Waals surface area contributed by atoms with Crippen LogP contribution in [0.15, 0.2) is 185 Å². The zero-order chi connectivity index (χ0) is 36.0. The van der Waals surface area contributed by atoms with Crippen LogP contribution < -0.4 is 4.90 Å². The van der Waals surface area contributed by atoms with E-state index in [-0.39, 0.29) is 0 Å². The zero-order valence-electron chi connectivity index (χ0n) is 29.3. The molecular formula is C49H29N3O2S. The van der Waals surface area contributed by atoms with Crippen LogP contribution in [0.5, 0.6) is 0 Å². The highest BCUT2D eigenvalue weighted by Crippen LogP contribution is 2.48. The van der Waals surface area contributed by atoms with Gasteiger partial charge in [-0.05, 0) is 72.8 Å². The Hall–Kier alpha value is -7.15. The van der Waals surface area contributed by atoms with Crippen molar-refractivity contribution in [3.8, 4) is 17.1 Å². The lowest BCUT2D eigenvalue weighted by atomic mass is 10.1. The van der Waals surface area contributed by atoms with E-state index in [1.54, 1.807) is 0 Å². The largest absolute Gasteiger partial charge is 0.454 e. The van der Waals surface area contributed by atoms with Gasteiger partial charge in [-0.3, -0.25) is 0 Å². The third-order valence-electron chi connectivity index (χ3n) is 10.8. The highest BCUT2D eigenvalue weighted by Gasteiger charge is 2.26. The maximum Gasteiger partial charge on any atom is 0.227 e. The number of rotatable bonds is 5. The third-order valence-corrected chi connectivity index (χ3v) is 11.9. The molecule has 0 unspecified atom stereocenters. The normalized spacial score (nSPS) is 12.0. The predicted octanol–water partition coefficient (Wildman–Crippen LogP) is 14.3. The molecule has 0 N–H and O–H groups in total. The van der Waals surface area contributed by atoms with Crippen molar-refractivity contribution in [3.05, 3.63) is 176 Å². The Morgan fingerprint density at radius 1 is 0.491 bits per heavy atom. The van der Waals surface area contributed by atoms with Crippen LogP contribution in [0.3, 0.4) is 0 Å². The Labute approximate surface area is 318 Å². The second-order valence-corrected chi connectivity index (χ2v) is 15.0. The van der Waals surface area contributed by atoms with Gasteiger partial charge in [-0.15, -0.1) is 11.3 Å². The Morgan fingerprint density at radius 3 is 2.04 bits per heavy atom. The van der Waals surface area contributed by atoms with E-state index in [1.807, 2.05) is 53.8 Å². The summed E-state index contributed by atoms with van der Waals surface area (Å²) >= 11 is 1.82. The van der Waals surface area contributed by atoms with Gasteiger partial charge in [0.25, 0.3) is 0 Å². The van der Waals surface area contributed by atoms with E-state index in [4.69, 9.17) is 13.8 Å². The summed E-state index contributed by atoms with van der Waals surface area (Å²) < 4.78 is 18.4. The van der Waals surface area contributed by atoms with Crippen molar-refractivity contribution in [1.29, 1.82) is 0 Å². The third kappa shape index (κ3) is 4.55. The van der Waals surface area contributed by atoms with Gasteiger partial charge in [-0.1, -0.05) is 97.1 Å². The van der Waals surface area contributed by atoms with Crippen LogP contribution in [-0.2, 0) is 0 Å². The van der Waals surface area contributed by atoms with E-state index in [0.29, 0.717) is 11.5 Å². The van der Waals surface area contributed by atoms with Crippen molar-refractivity contribution in [2.24, 2.45) is 0 Å². The summed E-state index contributed by atoms with van der Waals surface area (Å²) in [7, 11) is 0. The summed E-state index contributed by atoms with van der Waals surface area (Å²) in [6.07, 6.45) is 0. The Kier molecular flexibility index (Phi) is 6.44. The van der Waals surface area contributed by atoms with Gasteiger partial charge in [0.05, 0.1) is 22.1 Å². The summed E-state index contributed by atoms with van der Waals surface area (Å²) in [4.78, 5) is 7.43. The molecule has 0 spiro atoms. The molecule has 5 nitrogen and oxygen atoms in total. The van der Waals surface area contributed by atoms with Gasteiger partial charge in [0.1, 0.15) is 11.1 Å². The number of benzene rings is 8. The monoisotopic (exact) mass is 723 g/mol. The second kappa shape index (κ2) is 11.7. The lowest BCUT2D eigenvalue weighted by Crippen LogP contribution is -2.10. The number of aromatic nitrogens is 2. The van der Waals surface area contributed by atoms with E-state index < -0.39 is 0 Å². The molecule has 0 saturated heterocycles. The number of oxazole rings is 1. The summed E-state index contributed by atoms with van der Waals surface area (Å²) in [5, 5.41) is 6.81. The van der Waals surface area contributed by atoms with Gasteiger partial charge >= 0.3 is 0 Å². The fourth-order valence-electron chi connectivity index (χ4n) is 8.37. The molecule has 4 heterocycles. The minimum atomic E-state index is 0.577. The number of fused-ring (bicyclic) bond motifs is 11. The quantitative estimate of drug-likeness (QED) is 0.177. The molecule has 258 valence electrons. The molecule has 6 heteroatoms. The predicted molar refractivity (Wildman–Crippen MR) is 229 cm³/mol. The van der Waals surface area contributed by atoms with E-state index >= 15 is 0 Å². The number of nitrogens with zero attached hydrogens (tertiary/aromatic N) is 3. The smallest absolute Gasteiger partial charge is 0.227 e. The fraction of sp³-hybridized carbons (Fsp3) is 0. The van der Waals surface area contributed by atoms with Gasteiger partial charge in [-0.2, -0.15) is 0 Å². The Bertz CT molecular complexity index is 3450. The van der Waals surface area contributed by atoms with Gasteiger partial charge < -0.3 is 18.3 Å². The Balaban J connectivity index is 1.17. The molecule has 0 aliphatic rings. The molecule has 55 heavy (non-hydrogen) atoms. The van der Waals surface area contributed by atoms with Crippen molar-refractivity contribution < 1.29 is 8.83 Å². The van der Waals surface area contributed by atoms with Crippen LogP contribution in [0.2, 0.25) is 0 Å². The van der Waals surface area contributed by atoms with E-state index in [2.05, 4.69) is 143 Å². The molecule has 0 atom stereocenters. The molecule has 0 amide bonds. The molecule has 12 aromatic rings. The number of furan rings is 1. The molecule has 12 rings (SSSR count). The standard InChI is InChI=1S/C49H29N3O2S/c1-3-13-30(14-4-1)49-50-47-43(54-49)29-41(48-46(47)37-19-8-11-21-42(37)53-48)51(33-23-25-36-35-18-9-12-22-44(35)55-45(36)28-33)32-24-26-40-38(27-32)34-17-7-10-20-39(34)52(40)31-15-5-2-6-16-31/h1-29H. The SMILES string of the molecule is c1ccc(-c2nc3c(cc(N(c4ccc5c(c4)sc4ccccc45)c4ccc5c(c4)c4ccccc4n5-c4ccccc4)c4oc5ccccc5c43)o2)cc1. The molecule has 0 fully saturated rings. The molecule has 0 saturated carbocycles. The second-order valence-electron chi connectivity index (χ2n) is 13.9. The molecule has 0 bridgehead atoms. The van der Waals surface area contributed by atoms with Gasteiger partial charge in [0.2, 0.25) is 5.89 Å². The number of para-hydroxylation sites is 3. The number of hydrogen-bond acceptors (Lipinski definition) is 5. The van der Waals surface area contributed by atoms with Crippen molar-refractivity contribution in [3.63, 3.8) is 0 Å². The van der Waals surface area contributed by atoms with E-state index in [0.717, 1.165) is 72.2 Å². The first-order valence-corrected chi connectivity index (χ1v) is 19.2. The number of anilines is 3. The number of thiophene rings is 1. The highest BCUT2D eigenvalue weighted by atomic mass is 32.1. The molecule has 0 radical (unpaired) electrons. The Morgan fingerprint density at radius 2 is 1.16 bits per heavy atom. The number of hydrogen-bond donors (Lipinski definition) is 0. The molecule has 0 aliphatic carbocycles. The lowest BCUT2D eigenvalue weighted by molar-refractivity contribution is 0.619. The van der Waals surface area contributed by atoms with Crippen LogP contribution in [0, 0.1) is 0 Å². The van der Waals surface area contributed by atoms with Crippen LogP contribution in [0.25, 0.3) is 92.2 Å². The van der Waals surface area contributed by atoms with E-state index in [1.165, 1.54) is 25.6 Å². The van der Waals surface area contributed by atoms with Crippen LogP contribution >= 0.6 is 11.3 Å². The first-order valence-electron chi connectivity index (χ1n) is 18.4. The van der Waals surface area contributed by atoms with Gasteiger partial charge in [-0.25, -0.2) is 4.98 Å². The van der Waals surface area contributed by atoms with Crippen molar-refractivity contribution in [2.45, 2.75) is 0 Å². The molecular weight excluding hydrogens is 695 g/mol. The zero-order valence-corrected chi connectivity index (χ0v) is 30.1. The van der Waals surface area contributed by atoms with Crippen molar-refractivity contribution in [1.82, 2.24) is 9.55 Å². The van der Waals surface area contributed by atoms with Gasteiger partial charge in [0.15, 0.2) is 11.2 Å². The van der Waals surface area contributed by atoms with Crippen LogP contribution in [0.4, 0.5) is 17.1 Å². The fourth-order valence-corrected chi connectivity index (χ4v) is 9.51. The topological polar surface area (TPSA) is 47.3 Å². The minimum Gasteiger partial charge on any atom is -0.454 e. The summed E-state index contributed by atoms with van der Waals surface area (Å²) in [6.45, 7) is 0. The molecule has 8 aromatic carbocycles. The maximum atomic E-state index is 6.86. The average Bonchev–Trinajstić information content (AvgIpc) is 4.02. The maximum absolute atomic E-state index is 6.86. The average molecular weight is 724 g/mol.